The molecule has 0 saturated carbocycles. The topological polar surface area (TPSA) is 8.17 Å². The number of para-hydroxylation sites is 2. The molecule has 0 spiro atoms. The minimum atomic E-state index is 0.200. The van der Waals surface area contributed by atoms with Crippen molar-refractivity contribution >= 4 is 38.6 Å². The van der Waals surface area contributed by atoms with E-state index in [1.807, 2.05) is 0 Å². The van der Waals surface area contributed by atoms with Crippen molar-refractivity contribution in [1.29, 1.82) is 0 Å². The summed E-state index contributed by atoms with van der Waals surface area (Å²) in [4.78, 5) is 2.64. The molecule has 0 bridgehead atoms. The predicted molar refractivity (Wildman–Crippen MR) is 236 cm³/mol. The van der Waals surface area contributed by atoms with Gasteiger partial charge in [0.15, 0.2) is 0 Å². The molecule has 1 heterocycles. The fourth-order valence-electron chi connectivity index (χ4n) is 10.6. The van der Waals surface area contributed by atoms with Crippen LogP contribution in [0.1, 0.15) is 101 Å². The van der Waals surface area contributed by atoms with Crippen LogP contribution in [0, 0.1) is 5.92 Å². The van der Waals surface area contributed by atoms with Gasteiger partial charge in [-0.1, -0.05) is 149 Å². The van der Waals surface area contributed by atoms with Crippen LogP contribution in [0.25, 0.3) is 38.6 Å². The van der Waals surface area contributed by atoms with Gasteiger partial charge in [0.25, 0.3) is 0 Å². The molecule has 6 aromatic rings. The molecular formula is C53H54N2. The first-order valence-electron chi connectivity index (χ1n) is 20.9. The lowest BCUT2D eigenvalue weighted by Crippen LogP contribution is -2.34. The van der Waals surface area contributed by atoms with E-state index in [0.29, 0.717) is 11.8 Å². The number of aromatic nitrogens is 1. The SMILES string of the molecule is CCCC1c2ccc(C3=CCC(N(C4=CC(c5ccccc5)=CCC4)c4ccc5c6ccccc6n(-c6ccccc6)c5c4)C=C3)cc2C(CC)(CC)C1C. The van der Waals surface area contributed by atoms with Gasteiger partial charge in [0.2, 0.25) is 0 Å². The highest BCUT2D eigenvalue weighted by molar-refractivity contribution is 6.10. The molecule has 3 aliphatic carbocycles. The first kappa shape index (κ1) is 35.4. The maximum atomic E-state index is 2.64. The Morgan fingerprint density at radius 3 is 2.20 bits per heavy atom. The van der Waals surface area contributed by atoms with Crippen molar-refractivity contribution in [3.8, 4) is 5.69 Å². The Labute approximate surface area is 328 Å². The second kappa shape index (κ2) is 14.7. The molecule has 2 heteroatoms. The molecule has 3 aliphatic rings. The van der Waals surface area contributed by atoms with Gasteiger partial charge in [-0.15, -0.1) is 0 Å². The molecule has 2 nitrogen and oxygen atoms in total. The summed E-state index contributed by atoms with van der Waals surface area (Å²) in [5, 5.41) is 2.57. The summed E-state index contributed by atoms with van der Waals surface area (Å²) in [6.45, 7) is 9.71. The predicted octanol–water partition coefficient (Wildman–Crippen LogP) is 14.4. The average molecular weight is 719 g/mol. The molecule has 0 saturated heterocycles. The van der Waals surface area contributed by atoms with E-state index < -0.39 is 0 Å². The van der Waals surface area contributed by atoms with Crippen molar-refractivity contribution in [3.05, 3.63) is 180 Å². The van der Waals surface area contributed by atoms with Gasteiger partial charge in [0.05, 0.1) is 17.1 Å². The van der Waals surface area contributed by atoms with E-state index in [1.54, 1.807) is 11.1 Å². The maximum absolute atomic E-state index is 2.64. The number of hydrogen-bond donors (Lipinski definition) is 0. The van der Waals surface area contributed by atoms with Crippen LogP contribution in [-0.4, -0.2) is 10.6 Å². The average Bonchev–Trinajstić information content (AvgIpc) is 3.70. The second-order valence-corrected chi connectivity index (χ2v) is 16.1. The summed E-state index contributed by atoms with van der Waals surface area (Å²) in [5.74, 6) is 1.34. The molecule has 3 atom stereocenters. The summed E-state index contributed by atoms with van der Waals surface area (Å²) in [6.07, 6.45) is 20.2. The highest BCUT2D eigenvalue weighted by Crippen LogP contribution is 2.56. The molecule has 5 aromatic carbocycles. The van der Waals surface area contributed by atoms with Crippen LogP contribution in [0.4, 0.5) is 5.69 Å². The van der Waals surface area contributed by atoms with Gasteiger partial charge < -0.3 is 9.47 Å². The van der Waals surface area contributed by atoms with E-state index >= 15 is 0 Å². The van der Waals surface area contributed by atoms with Crippen LogP contribution in [0.15, 0.2) is 157 Å². The first-order chi connectivity index (χ1) is 27.0. The lowest BCUT2D eigenvalue weighted by Gasteiger charge is -2.36. The number of fused-ring (bicyclic) bond motifs is 4. The Kier molecular flexibility index (Phi) is 9.46. The van der Waals surface area contributed by atoms with Crippen LogP contribution in [0.5, 0.6) is 0 Å². The first-order valence-corrected chi connectivity index (χ1v) is 20.9. The third-order valence-electron chi connectivity index (χ3n) is 13.5. The quantitative estimate of drug-likeness (QED) is 0.137. The molecule has 0 N–H and O–H groups in total. The lowest BCUT2D eigenvalue weighted by atomic mass is 9.69. The highest BCUT2D eigenvalue weighted by Gasteiger charge is 2.47. The zero-order valence-corrected chi connectivity index (χ0v) is 33.0. The number of allylic oxidation sites excluding steroid dienone is 6. The third-order valence-corrected chi connectivity index (χ3v) is 13.5. The number of anilines is 1. The smallest absolute Gasteiger partial charge is 0.0561 e. The van der Waals surface area contributed by atoms with E-state index in [1.165, 1.54) is 86.8 Å². The molecule has 1 aromatic heterocycles. The van der Waals surface area contributed by atoms with Gasteiger partial charge >= 0.3 is 0 Å². The summed E-state index contributed by atoms with van der Waals surface area (Å²) in [6, 6.07) is 45.4. The number of rotatable bonds is 10. The molecule has 0 aliphatic heterocycles. The van der Waals surface area contributed by atoms with E-state index in [0.717, 1.165) is 19.3 Å². The van der Waals surface area contributed by atoms with Crippen LogP contribution >= 0.6 is 0 Å². The minimum absolute atomic E-state index is 0.200. The van der Waals surface area contributed by atoms with Crippen molar-refractivity contribution < 1.29 is 0 Å². The maximum Gasteiger partial charge on any atom is 0.0561 e. The van der Waals surface area contributed by atoms with Gasteiger partial charge in [0, 0.05) is 27.8 Å². The van der Waals surface area contributed by atoms with Gasteiger partial charge in [-0.25, -0.2) is 0 Å². The summed E-state index contributed by atoms with van der Waals surface area (Å²) in [5.41, 5.74) is 15.1. The third kappa shape index (κ3) is 6.02. The summed E-state index contributed by atoms with van der Waals surface area (Å²) < 4.78 is 2.44. The summed E-state index contributed by atoms with van der Waals surface area (Å²) in [7, 11) is 0. The molecule has 276 valence electrons. The Morgan fingerprint density at radius 1 is 0.709 bits per heavy atom. The zero-order valence-electron chi connectivity index (χ0n) is 33.0. The lowest BCUT2D eigenvalue weighted by molar-refractivity contribution is 0.253. The van der Waals surface area contributed by atoms with E-state index in [4.69, 9.17) is 0 Å². The molecular weight excluding hydrogens is 665 g/mol. The molecule has 9 rings (SSSR count). The monoisotopic (exact) mass is 718 g/mol. The van der Waals surface area contributed by atoms with Crippen molar-refractivity contribution in [2.24, 2.45) is 5.92 Å². The van der Waals surface area contributed by atoms with E-state index in [-0.39, 0.29) is 11.5 Å². The van der Waals surface area contributed by atoms with Gasteiger partial charge in [-0.3, -0.25) is 0 Å². The highest BCUT2D eigenvalue weighted by atomic mass is 15.2. The van der Waals surface area contributed by atoms with E-state index in [2.05, 4.69) is 189 Å². The van der Waals surface area contributed by atoms with Crippen LogP contribution < -0.4 is 4.90 Å². The minimum Gasteiger partial charge on any atom is -0.338 e. The van der Waals surface area contributed by atoms with Crippen LogP contribution in [-0.2, 0) is 5.41 Å². The Balaban J connectivity index is 1.13. The normalized spacial score (nSPS) is 20.3. The second-order valence-electron chi connectivity index (χ2n) is 16.1. The fraction of sp³-hybridized carbons (Fsp3) is 0.283. The van der Waals surface area contributed by atoms with Crippen molar-refractivity contribution in [1.82, 2.24) is 4.57 Å². The van der Waals surface area contributed by atoms with Gasteiger partial charge in [0.1, 0.15) is 0 Å². The summed E-state index contributed by atoms with van der Waals surface area (Å²) >= 11 is 0. The van der Waals surface area contributed by atoms with Gasteiger partial charge in [-0.2, -0.15) is 0 Å². The number of benzene rings is 5. The Bertz CT molecular complexity index is 2470. The van der Waals surface area contributed by atoms with E-state index in [9.17, 15) is 0 Å². The molecule has 3 unspecified atom stereocenters. The Hall–Kier alpha value is -5.34. The van der Waals surface area contributed by atoms with Gasteiger partial charge in [-0.05, 0) is 126 Å². The molecule has 0 amide bonds. The largest absolute Gasteiger partial charge is 0.338 e. The standard InChI is InChI=1S/C53H54N2/c1-5-17-46-37(4)53(6-2,7-3)50-35-41(28-32-47(46)50)39-26-29-43(30-27-39)54(44-23-16-20-40(34-44)38-18-10-8-11-19-38)45-31-33-49-48-24-14-15-25-51(48)55(52(49)36-45)42-21-12-9-13-22-42/h8-15,18-22,24-29,31-37,43,46H,5-7,16-17,23,30H2,1-4H3. The number of hydrogen-bond acceptors (Lipinski definition) is 1. The fourth-order valence-corrected chi connectivity index (χ4v) is 10.6. The van der Waals surface area contributed by atoms with Crippen LogP contribution in [0.2, 0.25) is 0 Å². The van der Waals surface area contributed by atoms with Crippen molar-refractivity contribution in [3.63, 3.8) is 0 Å². The Morgan fingerprint density at radius 2 is 1.45 bits per heavy atom. The molecule has 55 heavy (non-hydrogen) atoms. The van der Waals surface area contributed by atoms with Crippen molar-refractivity contribution in [2.45, 2.75) is 90.0 Å². The molecule has 0 fully saturated rings. The van der Waals surface area contributed by atoms with Crippen molar-refractivity contribution in [2.75, 3.05) is 4.90 Å². The molecule has 0 radical (unpaired) electrons. The van der Waals surface area contributed by atoms with Crippen LogP contribution in [0.3, 0.4) is 0 Å². The number of nitrogens with zero attached hydrogens (tertiary/aromatic N) is 2. The zero-order chi connectivity index (χ0) is 37.5.